The van der Waals surface area contributed by atoms with Gasteiger partial charge in [0, 0.05) is 11.6 Å². The molecule has 15 heavy (non-hydrogen) atoms. The van der Waals surface area contributed by atoms with Crippen molar-refractivity contribution in [2.24, 2.45) is 0 Å². The summed E-state index contributed by atoms with van der Waals surface area (Å²) < 4.78 is 5.69. The lowest BCUT2D eigenvalue weighted by Gasteiger charge is -2.13. The molecule has 1 rings (SSSR count). The predicted octanol–water partition coefficient (Wildman–Crippen LogP) is 2.84. The van der Waals surface area contributed by atoms with Gasteiger partial charge in [0.25, 0.3) is 0 Å². The number of halogens is 1. The Hall–Kier alpha value is -0.730. The summed E-state index contributed by atoms with van der Waals surface area (Å²) in [5, 5.41) is 0.729. The third-order valence-corrected chi connectivity index (χ3v) is 2.44. The molecular formula is C12H18ClNO. The summed E-state index contributed by atoms with van der Waals surface area (Å²) in [6.45, 7) is 3.72. The number of hydrogen-bond acceptors (Lipinski definition) is 2. The topological polar surface area (TPSA) is 12.5 Å². The monoisotopic (exact) mass is 227 g/mol. The van der Waals surface area contributed by atoms with Crippen LogP contribution >= 0.6 is 11.6 Å². The molecule has 0 aliphatic rings. The van der Waals surface area contributed by atoms with Crippen molar-refractivity contribution in [2.75, 3.05) is 27.2 Å². The van der Waals surface area contributed by atoms with Gasteiger partial charge in [-0.1, -0.05) is 24.6 Å². The average molecular weight is 228 g/mol. The van der Waals surface area contributed by atoms with Crippen molar-refractivity contribution in [1.82, 2.24) is 4.90 Å². The molecule has 1 aromatic carbocycles. The van der Waals surface area contributed by atoms with E-state index in [1.807, 2.05) is 32.3 Å². The fraction of sp³-hybridized carbons (Fsp3) is 0.500. The van der Waals surface area contributed by atoms with Crippen molar-refractivity contribution in [3.8, 4) is 5.75 Å². The third-order valence-electron chi connectivity index (χ3n) is 2.21. The van der Waals surface area contributed by atoms with Crippen molar-refractivity contribution < 1.29 is 4.74 Å². The van der Waals surface area contributed by atoms with Gasteiger partial charge in [-0.2, -0.15) is 0 Å². The molecule has 0 bridgehead atoms. The molecule has 0 N–H and O–H groups in total. The summed E-state index contributed by atoms with van der Waals surface area (Å²) in [6.07, 6.45) is 0.967. The molecule has 0 saturated heterocycles. The lowest BCUT2D eigenvalue weighted by molar-refractivity contribution is 0.259. The molecule has 3 heteroatoms. The zero-order valence-corrected chi connectivity index (χ0v) is 10.3. The van der Waals surface area contributed by atoms with E-state index in [2.05, 4.69) is 11.8 Å². The average Bonchev–Trinajstić information content (AvgIpc) is 2.17. The molecule has 0 aliphatic heterocycles. The van der Waals surface area contributed by atoms with Crippen molar-refractivity contribution in [3.63, 3.8) is 0 Å². The number of likely N-dealkylation sites (N-methyl/N-ethyl adjacent to an activating group) is 1. The first-order chi connectivity index (χ1) is 7.13. The van der Waals surface area contributed by atoms with Crippen LogP contribution < -0.4 is 4.74 Å². The number of ether oxygens (including phenoxy) is 1. The van der Waals surface area contributed by atoms with Gasteiger partial charge in [0.2, 0.25) is 0 Å². The Morgan fingerprint density at radius 1 is 1.33 bits per heavy atom. The van der Waals surface area contributed by atoms with E-state index in [4.69, 9.17) is 16.3 Å². The van der Waals surface area contributed by atoms with E-state index in [9.17, 15) is 0 Å². The summed E-state index contributed by atoms with van der Waals surface area (Å²) in [5.41, 5.74) is 1.21. The molecule has 84 valence electrons. The van der Waals surface area contributed by atoms with Crippen molar-refractivity contribution in [2.45, 2.75) is 13.3 Å². The van der Waals surface area contributed by atoms with E-state index in [1.54, 1.807) is 0 Å². The van der Waals surface area contributed by atoms with Gasteiger partial charge in [-0.15, -0.1) is 0 Å². The first-order valence-corrected chi connectivity index (χ1v) is 5.57. The minimum Gasteiger partial charge on any atom is -0.492 e. The number of benzene rings is 1. The molecule has 0 fully saturated rings. The highest BCUT2D eigenvalue weighted by Crippen LogP contribution is 2.23. The molecule has 1 aromatic rings. The molecule has 0 spiro atoms. The van der Waals surface area contributed by atoms with Crippen molar-refractivity contribution in [3.05, 3.63) is 28.8 Å². The second kappa shape index (κ2) is 5.99. The molecule has 0 saturated carbocycles. The van der Waals surface area contributed by atoms with Crippen molar-refractivity contribution in [1.29, 1.82) is 0 Å². The molecular weight excluding hydrogens is 210 g/mol. The van der Waals surface area contributed by atoms with Crippen LogP contribution in [0.15, 0.2) is 18.2 Å². The third kappa shape index (κ3) is 4.10. The van der Waals surface area contributed by atoms with Gasteiger partial charge in [-0.25, -0.2) is 0 Å². The van der Waals surface area contributed by atoms with Crippen molar-refractivity contribution >= 4 is 11.6 Å². The SMILES string of the molecule is CCc1ccc(Cl)cc1OCCN(C)C. The zero-order chi connectivity index (χ0) is 11.3. The van der Waals surface area contributed by atoms with Crippen LogP contribution in [0.5, 0.6) is 5.75 Å². The summed E-state index contributed by atoms with van der Waals surface area (Å²) in [6, 6.07) is 5.81. The highest BCUT2D eigenvalue weighted by molar-refractivity contribution is 6.30. The van der Waals surface area contributed by atoms with Crippen LogP contribution in [0.1, 0.15) is 12.5 Å². The van der Waals surface area contributed by atoms with Gasteiger partial charge < -0.3 is 9.64 Å². The standard InChI is InChI=1S/C12H18ClNO/c1-4-10-5-6-11(13)9-12(10)15-8-7-14(2)3/h5-6,9H,4,7-8H2,1-3H3. The molecule has 0 aliphatic carbocycles. The van der Waals surface area contributed by atoms with Gasteiger partial charge >= 0.3 is 0 Å². The summed E-state index contributed by atoms with van der Waals surface area (Å²) in [5.74, 6) is 0.909. The number of aryl methyl sites for hydroxylation is 1. The molecule has 0 amide bonds. The van der Waals surface area contributed by atoms with E-state index < -0.39 is 0 Å². The maximum atomic E-state index is 5.92. The fourth-order valence-electron chi connectivity index (χ4n) is 1.29. The normalized spacial score (nSPS) is 10.7. The lowest BCUT2D eigenvalue weighted by Crippen LogP contribution is -2.19. The Morgan fingerprint density at radius 2 is 2.07 bits per heavy atom. The second-order valence-electron chi connectivity index (χ2n) is 3.76. The van der Waals surface area contributed by atoms with E-state index in [-0.39, 0.29) is 0 Å². The summed E-state index contributed by atoms with van der Waals surface area (Å²) in [7, 11) is 4.06. The fourth-order valence-corrected chi connectivity index (χ4v) is 1.46. The first-order valence-electron chi connectivity index (χ1n) is 5.19. The number of rotatable bonds is 5. The van der Waals surface area contributed by atoms with Crippen LogP contribution in [0.25, 0.3) is 0 Å². The maximum Gasteiger partial charge on any atom is 0.124 e. The second-order valence-corrected chi connectivity index (χ2v) is 4.19. The lowest BCUT2D eigenvalue weighted by atomic mass is 10.1. The molecule has 0 radical (unpaired) electrons. The van der Waals surface area contributed by atoms with Gasteiger partial charge in [0.1, 0.15) is 12.4 Å². The highest BCUT2D eigenvalue weighted by atomic mass is 35.5. The Labute approximate surface area is 96.8 Å². The summed E-state index contributed by atoms with van der Waals surface area (Å²) >= 11 is 5.92. The minimum absolute atomic E-state index is 0.695. The first kappa shape index (κ1) is 12.3. The maximum absolute atomic E-state index is 5.92. The Kier molecular flexibility index (Phi) is 4.92. The predicted molar refractivity (Wildman–Crippen MR) is 64.9 cm³/mol. The molecule has 0 heterocycles. The summed E-state index contributed by atoms with van der Waals surface area (Å²) in [4.78, 5) is 2.09. The van der Waals surface area contributed by atoms with E-state index >= 15 is 0 Å². The number of hydrogen-bond donors (Lipinski definition) is 0. The smallest absolute Gasteiger partial charge is 0.124 e. The molecule has 0 atom stereocenters. The van der Waals surface area contributed by atoms with Crippen LogP contribution in [-0.2, 0) is 6.42 Å². The van der Waals surface area contributed by atoms with Crippen LogP contribution in [0.4, 0.5) is 0 Å². The van der Waals surface area contributed by atoms with Gasteiger partial charge in [0.05, 0.1) is 0 Å². The highest BCUT2D eigenvalue weighted by Gasteiger charge is 2.03. The Bertz CT molecular complexity index is 312. The quantitative estimate of drug-likeness (QED) is 0.767. The molecule has 0 aromatic heterocycles. The number of nitrogens with zero attached hydrogens (tertiary/aromatic N) is 1. The van der Waals surface area contributed by atoms with Gasteiger partial charge in [-0.3, -0.25) is 0 Å². The van der Waals surface area contributed by atoms with Crippen LogP contribution in [-0.4, -0.2) is 32.1 Å². The van der Waals surface area contributed by atoms with Crippen LogP contribution in [0.3, 0.4) is 0 Å². The Balaban J connectivity index is 2.62. The van der Waals surface area contributed by atoms with E-state index in [0.717, 1.165) is 23.7 Å². The molecule has 0 unspecified atom stereocenters. The minimum atomic E-state index is 0.695. The van der Waals surface area contributed by atoms with Gasteiger partial charge in [0.15, 0.2) is 0 Å². The van der Waals surface area contributed by atoms with Crippen LogP contribution in [0, 0.1) is 0 Å². The van der Waals surface area contributed by atoms with E-state index in [0.29, 0.717) is 6.61 Å². The molecule has 2 nitrogen and oxygen atoms in total. The largest absolute Gasteiger partial charge is 0.492 e. The Morgan fingerprint density at radius 3 is 2.67 bits per heavy atom. The van der Waals surface area contributed by atoms with E-state index in [1.165, 1.54) is 5.56 Å². The van der Waals surface area contributed by atoms with Crippen LogP contribution in [0.2, 0.25) is 5.02 Å². The van der Waals surface area contributed by atoms with Gasteiger partial charge in [-0.05, 0) is 38.2 Å². The zero-order valence-electron chi connectivity index (χ0n) is 9.59.